The summed E-state index contributed by atoms with van der Waals surface area (Å²) in [6.45, 7) is 5.78. The maximum atomic E-state index is 13.9. The maximum absolute atomic E-state index is 13.9. The smallest absolute Gasteiger partial charge is 0.338 e. The molecule has 0 amide bonds. The van der Waals surface area contributed by atoms with Gasteiger partial charge in [-0.1, -0.05) is 35.6 Å². The molecule has 0 spiro atoms. The van der Waals surface area contributed by atoms with E-state index >= 15 is 0 Å². The van der Waals surface area contributed by atoms with Gasteiger partial charge in [0.05, 0.1) is 40.6 Å². The van der Waals surface area contributed by atoms with E-state index in [0.717, 1.165) is 16.8 Å². The lowest BCUT2D eigenvalue weighted by Gasteiger charge is -2.25. The molecule has 216 valence electrons. The molecule has 0 radical (unpaired) electrons. The molecule has 2 aromatic heterocycles. The van der Waals surface area contributed by atoms with Crippen LogP contribution in [0.3, 0.4) is 0 Å². The predicted octanol–water partition coefficient (Wildman–Crippen LogP) is 4.30. The van der Waals surface area contributed by atoms with Gasteiger partial charge in [-0.05, 0) is 62.7 Å². The van der Waals surface area contributed by atoms with Crippen molar-refractivity contribution in [2.24, 2.45) is 4.99 Å². The van der Waals surface area contributed by atoms with Crippen molar-refractivity contribution in [2.45, 2.75) is 26.8 Å². The first-order valence-electron chi connectivity index (χ1n) is 13.6. The Hall–Kier alpha value is -4.70. The van der Waals surface area contributed by atoms with Crippen LogP contribution in [0, 0.1) is 0 Å². The summed E-state index contributed by atoms with van der Waals surface area (Å²) in [5.74, 6) is 0.189. The molecule has 3 heterocycles. The largest absolute Gasteiger partial charge is 0.463 e. The summed E-state index contributed by atoms with van der Waals surface area (Å²) in [5.41, 5.74) is 3.56. The first-order valence-corrected chi connectivity index (χ1v) is 14.4. The lowest BCUT2D eigenvalue weighted by atomic mass is 9.95. The Morgan fingerprint density at radius 2 is 1.64 bits per heavy atom. The van der Waals surface area contributed by atoms with E-state index in [0.29, 0.717) is 44.3 Å². The third-order valence-corrected chi connectivity index (χ3v) is 7.81. The summed E-state index contributed by atoms with van der Waals surface area (Å²) in [4.78, 5) is 46.0. The van der Waals surface area contributed by atoms with Gasteiger partial charge in [-0.15, -0.1) is 0 Å². The van der Waals surface area contributed by atoms with Crippen molar-refractivity contribution in [3.8, 4) is 11.3 Å². The van der Waals surface area contributed by atoms with Gasteiger partial charge in [0.15, 0.2) is 4.80 Å². The third kappa shape index (κ3) is 5.58. The number of hydrogen-bond acceptors (Lipinski definition) is 9. The summed E-state index contributed by atoms with van der Waals surface area (Å²) < 4.78 is 18.4. The minimum atomic E-state index is -0.691. The summed E-state index contributed by atoms with van der Waals surface area (Å²) in [7, 11) is 3.90. The van der Waals surface area contributed by atoms with Gasteiger partial charge in [0, 0.05) is 31.4 Å². The van der Waals surface area contributed by atoms with E-state index in [-0.39, 0.29) is 18.1 Å². The molecule has 1 atom stereocenters. The standard InChI is InChI=1S/C32H31N3O6S/c1-6-39-30(37)22-10-8-20(9-11-22)25-17-16-24(41-25)18-26-29(36)35-28(21-12-14-23(15-13-21)34(4)5)27(31(38)40-7-2)19(3)33-32(35)42-26/h8-18,28H,6-7H2,1-5H3/t28-/m0/s1. The van der Waals surface area contributed by atoms with Gasteiger partial charge in [0.25, 0.3) is 5.56 Å². The number of hydrogen-bond donors (Lipinski definition) is 0. The first-order chi connectivity index (χ1) is 20.2. The fourth-order valence-electron chi connectivity index (χ4n) is 4.76. The van der Waals surface area contributed by atoms with Gasteiger partial charge < -0.3 is 18.8 Å². The minimum absolute atomic E-state index is 0.207. The number of fused-ring (bicyclic) bond motifs is 1. The van der Waals surface area contributed by atoms with Crippen LogP contribution in [-0.4, -0.2) is 43.8 Å². The molecule has 0 N–H and O–H groups in total. The van der Waals surface area contributed by atoms with E-state index in [1.54, 1.807) is 67.8 Å². The molecule has 42 heavy (non-hydrogen) atoms. The highest BCUT2D eigenvalue weighted by molar-refractivity contribution is 7.07. The van der Waals surface area contributed by atoms with E-state index in [2.05, 4.69) is 4.99 Å². The van der Waals surface area contributed by atoms with Crippen molar-refractivity contribution >= 4 is 35.0 Å². The molecule has 0 bridgehead atoms. The zero-order valence-corrected chi connectivity index (χ0v) is 24.9. The van der Waals surface area contributed by atoms with Crippen molar-refractivity contribution in [3.63, 3.8) is 0 Å². The molecule has 5 rings (SSSR count). The van der Waals surface area contributed by atoms with Gasteiger partial charge in [-0.3, -0.25) is 9.36 Å². The Kier molecular flexibility index (Phi) is 8.26. The zero-order valence-electron chi connectivity index (χ0n) is 24.0. The van der Waals surface area contributed by atoms with Crippen molar-refractivity contribution < 1.29 is 23.5 Å². The Bertz CT molecular complexity index is 1840. The van der Waals surface area contributed by atoms with E-state index in [1.807, 2.05) is 43.3 Å². The number of carbonyl (C=O) groups excluding carboxylic acids is 2. The van der Waals surface area contributed by atoms with Gasteiger partial charge >= 0.3 is 11.9 Å². The number of thiazole rings is 1. The molecule has 9 nitrogen and oxygen atoms in total. The fraction of sp³-hybridized carbons (Fsp3) is 0.250. The number of nitrogens with zero attached hydrogens (tertiary/aromatic N) is 3. The second-order valence-electron chi connectivity index (χ2n) is 9.79. The van der Waals surface area contributed by atoms with Gasteiger partial charge in [0.2, 0.25) is 0 Å². The van der Waals surface area contributed by atoms with Crippen LogP contribution >= 0.6 is 11.3 Å². The second kappa shape index (κ2) is 12.0. The number of benzene rings is 2. The number of esters is 2. The lowest BCUT2D eigenvalue weighted by molar-refractivity contribution is -0.139. The quantitative estimate of drug-likeness (QED) is 0.284. The highest BCUT2D eigenvalue weighted by Gasteiger charge is 2.33. The molecule has 2 aromatic carbocycles. The molecule has 0 saturated carbocycles. The van der Waals surface area contributed by atoms with Gasteiger partial charge in [-0.25, -0.2) is 14.6 Å². The number of ether oxygens (including phenoxy) is 2. The molecule has 0 unspecified atom stereocenters. The SMILES string of the molecule is CCOC(=O)C1=C(C)N=c2sc(=Cc3ccc(-c4ccc(C(=O)OCC)cc4)o3)c(=O)n2[C@H]1c1ccc(N(C)C)cc1. The normalized spacial score (nSPS) is 14.8. The Morgan fingerprint density at radius 1 is 0.976 bits per heavy atom. The molecule has 10 heteroatoms. The van der Waals surface area contributed by atoms with Crippen molar-refractivity contribution in [3.05, 3.63) is 109 Å². The monoisotopic (exact) mass is 585 g/mol. The van der Waals surface area contributed by atoms with E-state index in [9.17, 15) is 14.4 Å². The van der Waals surface area contributed by atoms with Crippen molar-refractivity contribution in [2.75, 3.05) is 32.2 Å². The molecule has 1 aliphatic heterocycles. The van der Waals surface area contributed by atoms with Crippen LogP contribution in [-0.2, 0) is 14.3 Å². The van der Waals surface area contributed by atoms with E-state index in [4.69, 9.17) is 13.9 Å². The molecular weight excluding hydrogens is 554 g/mol. The predicted molar refractivity (Wildman–Crippen MR) is 161 cm³/mol. The molecule has 4 aromatic rings. The van der Waals surface area contributed by atoms with Crippen molar-refractivity contribution in [1.82, 2.24) is 4.57 Å². The number of furan rings is 1. The number of rotatable bonds is 8. The average molecular weight is 586 g/mol. The topological polar surface area (TPSA) is 103 Å². The summed E-state index contributed by atoms with van der Waals surface area (Å²) in [5, 5.41) is 0. The summed E-state index contributed by atoms with van der Waals surface area (Å²) in [6.07, 6.45) is 1.68. The second-order valence-corrected chi connectivity index (χ2v) is 10.8. The number of allylic oxidation sites excluding steroid dienone is 1. The summed E-state index contributed by atoms with van der Waals surface area (Å²) in [6, 6.07) is 17.6. The van der Waals surface area contributed by atoms with Crippen LogP contribution in [0.25, 0.3) is 17.4 Å². The molecule has 0 saturated heterocycles. The van der Waals surface area contributed by atoms with Crippen LogP contribution in [0.5, 0.6) is 0 Å². The average Bonchev–Trinajstić information content (AvgIpc) is 3.57. The van der Waals surface area contributed by atoms with Crippen LogP contribution in [0.15, 0.2) is 86.1 Å². The third-order valence-electron chi connectivity index (χ3n) is 6.82. The van der Waals surface area contributed by atoms with Crippen molar-refractivity contribution in [1.29, 1.82) is 0 Å². The van der Waals surface area contributed by atoms with Gasteiger partial charge in [-0.2, -0.15) is 0 Å². The molecule has 0 fully saturated rings. The maximum Gasteiger partial charge on any atom is 0.338 e. The Balaban J connectivity index is 1.55. The van der Waals surface area contributed by atoms with Gasteiger partial charge in [0.1, 0.15) is 11.5 Å². The number of anilines is 1. The van der Waals surface area contributed by atoms with Crippen LogP contribution < -0.4 is 19.8 Å². The van der Waals surface area contributed by atoms with Crippen LogP contribution in [0.4, 0.5) is 5.69 Å². The number of carbonyl (C=O) groups is 2. The Morgan fingerprint density at radius 3 is 2.29 bits per heavy atom. The highest BCUT2D eigenvalue weighted by Crippen LogP contribution is 2.31. The minimum Gasteiger partial charge on any atom is -0.463 e. The molecular formula is C32H31N3O6S. The zero-order chi connectivity index (χ0) is 30.0. The van der Waals surface area contributed by atoms with Crippen LogP contribution in [0.2, 0.25) is 0 Å². The summed E-state index contributed by atoms with van der Waals surface area (Å²) >= 11 is 1.23. The molecule has 0 aliphatic carbocycles. The van der Waals surface area contributed by atoms with E-state index in [1.165, 1.54) is 11.3 Å². The number of aromatic nitrogens is 1. The van der Waals surface area contributed by atoms with E-state index < -0.39 is 12.0 Å². The molecule has 1 aliphatic rings. The fourth-order valence-corrected chi connectivity index (χ4v) is 5.79. The first kappa shape index (κ1) is 28.8. The highest BCUT2D eigenvalue weighted by atomic mass is 32.1. The lowest BCUT2D eigenvalue weighted by Crippen LogP contribution is -2.39. The Labute approximate surface area is 246 Å². The van der Waals surface area contributed by atoms with Crippen LogP contribution in [0.1, 0.15) is 48.5 Å².